The molecule has 2 amide bonds. The number of thioether (sulfide) groups is 1. The number of amides is 2. The van der Waals surface area contributed by atoms with E-state index in [9.17, 15) is 35.9 Å². The minimum Gasteiger partial charge on any atom is -0.462 e. The van der Waals surface area contributed by atoms with Gasteiger partial charge in [-0.25, -0.2) is 19.5 Å². The number of aromatic nitrogens is 1. The van der Waals surface area contributed by atoms with Crippen LogP contribution in [0.25, 0.3) is 0 Å². The molecule has 1 aliphatic rings. The Kier molecular flexibility index (Phi) is 8.22. The van der Waals surface area contributed by atoms with Crippen molar-refractivity contribution < 1.29 is 45.4 Å². The number of carbonyl (C=O) groups is 2. The van der Waals surface area contributed by atoms with Crippen LogP contribution in [0.5, 0.6) is 0 Å². The largest absolute Gasteiger partial charge is 0.462 e. The lowest BCUT2D eigenvalue weighted by Gasteiger charge is -2.35. The molecule has 1 N–H and O–H groups in total. The van der Waals surface area contributed by atoms with E-state index >= 15 is 0 Å². The number of halogens is 6. The first-order chi connectivity index (χ1) is 15.2. The smallest absolute Gasteiger partial charge is 0.448 e. The van der Waals surface area contributed by atoms with Crippen molar-refractivity contribution in [2.75, 3.05) is 24.7 Å². The van der Waals surface area contributed by atoms with Gasteiger partial charge in [0.1, 0.15) is 12.4 Å². The van der Waals surface area contributed by atoms with Gasteiger partial charge in [-0.15, -0.1) is 0 Å². The van der Waals surface area contributed by atoms with Crippen LogP contribution < -0.4 is 10.2 Å². The summed E-state index contributed by atoms with van der Waals surface area (Å²) in [5.41, 5.74) is -4.05. The maximum Gasteiger partial charge on any atom is 0.448 e. The van der Waals surface area contributed by atoms with E-state index in [0.29, 0.717) is 10.6 Å². The van der Waals surface area contributed by atoms with Crippen LogP contribution in [0.15, 0.2) is 23.2 Å². The second kappa shape index (κ2) is 10.2. The number of alkyl halides is 6. The first-order valence-corrected chi connectivity index (χ1v) is 10.3. The minimum atomic E-state index is -5.82. The van der Waals surface area contributed by atoms with Crippen molar-refractivity contribution in [1.29, 1.82) is 0 Å². The van der Waals surface area contributed by atoms with Crippen molar-refractivity contribution in [3.63, 3.8) is 0 Å². The highest BCUT2D eigenvalue weighted by atomic mass is 32.2. The van der Waals surface area contributed by atoms with Gasteiger partial charge in [-0.2, -0.15) is 26.3 Å². The van der Waals surface area contributed by atoms with Gasteiger partial charge in [0.15, 0.2) is 5.17 Å². The number of nitrogens with zero attached hydrogens (tertiary/aromatic N) is 3. The molecule has 0 saturated heterocycles. The van der Waals surface area contributed by atoms with Crippen molar-refractivity contribution >= 4 is 34.7 Å². The van der Waals surface area contributed by atoms with Gasteiger partial charge in [0.25, 0.3) is 0 Å². The number of aryl methyl sites for hydroxylation is 1. The highest BCUT2D eigenvalue weighted by molar-refractivity contribution is 8.15. The van der Waals surface area contributed by atoms with Gasteiger partial charge >= 0.3 is 30.1 Å². The van der Waals surface area contributed by atoms with Gasteiger partial charge in [0.2, 0.25) is 0 Å². The Morgan fingerprint density at radius 3 is 2.39 bits per heavy atom. The number of hydrogen-bond acceptors (Lipinski definition) is 7. The van der Waals surface area contributed by atoms with Crippen molar-refractivity contribution in [3.8, 4) is 0 Å². The molecule has 2 atom stereocenters. The molecule has 0 aliphatic carbocycles. The maximum atomic E-state index is 14.0. The van der Waals surface area contributed by atoms with Crippen LogP contribution in [-0.2, 0) is 14.3 Å². The van der Waals surface area contributed by atoms with E-state index in [0.717, 1.165) is 18.7 Å². The van der Waals surface area contributed by atoms with Crippen molar-refractivity contribution in [1.82, 2.24) is 10.3 Å². The van der Waals surface area contributed by atoms with Crippen LogP contribution in [-0.4, -0.2) is 65.2 Å². The number of urea groups is 1. The lowest BCUT2D eigenvalue weighted by Crippen LogP contribution is -2.68. The molecule has 1 aliphatic heterocycles. The molecule has 1 aromatic heterocycles. The van der Waals surface area contributed by atoms with Gasteiger partial charge in [-0.05, 0) is 26.0 Å². The van der Waals surface area contributed by atoms with Crippen molar-refractivity contribution in [2.24, 2.45) is 4.99 Å². The van der Waals surface area contributed by atoms with Crippen molar-refractivity contribution in [3.05, 3.63) is 23.9 Å². The third kappa shape index (κ3) is 6.50. The van der Waals surface area contributed by atoms with Crippen LogP contribution in [0.2, 0.25) is 0 Å². The van der Waals surface area contributed by atoms with E-state index < -0.39 is 43.3 Å². The summed E-state index contributed by atoms with van der Waals surface area (Å²) in [6.45, 7) is 1.55. The van der Waals surface area contributed by atoms with E-state index in [1.54, 1.807) is 19.9 Å². The molecular formula is C18H20F6N4O4S. The summed E-state index contributed by atoms with van der Waals surface area (Å²) in [5.74, 6) is -2.43. The van der Waals surface area contributed by atoms with E-state index in [1.807, 2.05) is 0 Å². The molecule has 0 unspecified atom stereocenters. The number of anilines is 1. The van der Waals surface area contributed by atoms with Crippen LogP contribution in [0, 0.1) is 6.92 Å². The topological polar surface area (TPSA) is 93.1 Å². The molecule has 1 aromatic rings. The fraction of sp³-hybridized carbons (Fsp3) is 0.556. The molecule has 0 saturated carbocycles. The summed E-state index contributed by atoms with van der Waals surface area (Å²) >= 11 is 1.03. The fourth-order valence-corrected chi connectivity index (χ4v) is 3.51. The monoisotopic (exact) mass is 502 g/mol. The molecule has 0 fully saturated rings. The quantitative estimate of drug-likeness (QED) is 0.362. The minimum absolute atomic E-state index is 0.0612. The second-order valence-electron chi connectivity index (χ2n) is 6.76. The van der Waals surface area contributed by atoms with Gasteiger partial charge in [-0.1, -0.05) is 24.8 Å². The molecule has 0 bridgehead atoms. The number of pyridine rings is 1. The molecule has 8 nitrogen and oxygen atoms in total. The summed E-state index contributed by atoms with van der Waals surface area (Å²) in [6.07, 6.45) is -11.1. The van der Waals surface area contributed by atoms with Gasteiger partial charge in [-0.3, -0.25) is 10.3 Å². The Balaban J connectivity index is 2.54. The molecule has 0 aromatic carbocycles. The van der Waals surface area contributed by atoms with E-state index in [4.69, 9.17) is 0 Å². The standard InChI is InChI=1S/C18H20F6N4O4S/c1-4-31-13(29)17(18(22,23)24,32-9-16(19,20)21)27-14(30)28(15-25-8-11(3)33-15)12-7-5-6-10(2)26-12/h5-7,11H,4,8-9H2,1-3H3,(H,27,30)/t11-,17-/m0/s1. The summed E-state index contributed by atoms with van der Waals surface area (Å²) in [7, 11) is 0. The van der Waals surface area contributed by atoms with Gasteiger partial charge in [0, 0.05) is 10.9 Å². The Morgan fingerprint density at radius 1 is 1.24 bits per heavy atom. The van der Waals surface area contributed by atoms with E-state index in [-0.39, 0.29) is 22.8 Å². The summed E-state index contributed by atoms with van der Waals surface area (Å²) in [5, 5.41) is 1.07. The molecule has 15 heteroatoms. The zero-order valence-electron chi connectivity index (χ0n) is 17.6. The fourth-order valence-electron chi connectivity index (χ4n) is 2.57. The zero-order chi connectivity index (χ0) is 25.0. The van der Waals surface area contributed by atoms with Crippen LogP contribution >= 0.6 is 11.8 Å². The highest BCUT2D eigenvalue weighted by Gasteiger charge is 2.66. The number of amidine groups is 1. The molecule has 2 heterocycles. The number of carbonyl (C=O) groups excluding carboxylic acids is 2. The highest BCUT2D eigenvalue weighted by Crippen LogP contribution is 2.36. The molecular weight excluding hydrogens is 482 g/mol. The Bertz CT molecular complexity index is 911. The number of aliphatic imine (C=N–C) groups is 1. The summed E-state index contributed by atoms with van der Waals surface area (Å²) in [6, 6.07) is 2.66. The SMILES string of the molecule is CCOC(=O)[C@](NC(=O)N(C1=NC[C@H](C)S1)c1cccc(C)n1)(OCC(F)(F)F)C(F)(F)F. The summed E-state index contributed by atoms with van der Waals surface area (Å²) in [4.78, 5) is 34.1. The number of ether oxygens (including phenoxy) is 2. The Hall–Kier alpha value is -2.55. The molecule has 0 radical (unpaired) electrons. The molecule has 33 heavy (non-hydrogen) atoms. The first-order valence-electron chi connectivity index (χ1n) is 9.42. The lowest BCUT2D eigenvalue weighted by atomic mass is 10.2. The van der Waals surface area contributed by atoms with Gasteiger partial charge < -0.3 is 9.47 Å². The number of rotatable bonds is 6. The van der Waals surface area contributed by atoms with Crippen LogP contribution in [0.1, 0.15) is 19.5 Å². The molecule has 184 valence electrons. The number of hydrogen-bond donors (Lipinski definition) is 1. The predicted octanol–water partition coefficient (Wildman–Crippen LogP) is 3.80. The van der Waals surface area contributed by atoms with Crippen molar-refractivity contribution in [2.45, 2.75) is 44.1 Å². The second-order valence-corrected chi connectivity index (χ2v) is 8.16. The van der Waals surface area contributed by atoms with E-state index in [2.05, 4.69) is 19.5 Å². The Labute approximate surface area is 188 Å². The average Bonchev–Trinajstić information content (AvgIpc) is 3.09. The normalized spacial score (nSPS) is 18.3. The van der Waals surface area contributed by atoms with Crippen LogP contribution in [0.4, 0.5) is 37.0 Å². The first kappa shape index (κ1) is 26.7. The predicted molar refractivity (Wildman–Crippen MR) is 107 cm³/mol. The number of esters is 1. The van der Waals surface area contributed by atoms with Crippen LogP contribution in [0.3, 0.4) is 0 Å². The zero-order valence-corrected chi connectivity index (χ0v) is 18.4. The number of nitrogens with one attached hydrogen (secondary N) is 1. The third-order valence-electron chi connectivity index (χ3n) is 3.98. The van der Waals surface area contributed by atoms with Gasteiger partial charge in [0.05, 0.1) is 13.2 Å². The average molecular weight is 502 g/mol. The van der Waals surface area contributed by atoms with E-state index in [1.165, 1.54) is 17.4 Å². The third-order valence-corrected chi connectivity index (χ3v) is 5.06. The maximum absolute atomic E-state index is 14.0. The Morgan fingerprint density at radius 2 is 1.91 bits per heavy atom. The lowest BCUT2D eigenvalue weighted by molar-refractivity contribution is -0.305. The molecule has 2 rings (SSSR count). The summed E-state index contributed by atoms with van der Waals surface area (Å²) < 4.78 is 88.4. The molecule has 0 spiro atoms.